The third kappa shape index (κ3) is 4.35. The van der Waals surface area contributed by atoms with Gasteiger partial charge in [-0.05, 0) is 42.5 Å². The Morgan fingerprint density at radius 1 is 1.23 bits per heavy atom. The predicted octanol–water partition coefficient (Wildman–Crippen LogP) is 2.69. The molecule has 1 fully saturated rings. The Hall–Kier alpha value is -2.54. The summed E-state index contributed by atoms with van der Waals surface area (Å²) < 4.78 is 10.7. The standard InChI is InChI=1S/C19H22N2O4S/c1-24-15-7-8-16(25-2)13(10-15)12-21(14-5-6-14)18(22)11-20-19(23)17-4-3-9-26-17/h3-4,7-10,14H,5-6,11-12H2,1-2H3,(H,20,23). The van der Waals surface area contributed by atoms with Crippen molar-refractivity contribution in [3.05, 3.63) is 46.2 Å². The number of nitrogens with zero attached hydrogens (tertiary/aromatic N) is 1. The number of benzene rings is 1. The Balaban J connectivity index is 1.67. The molecule has 3 rings (SSSR count). The minimum atomic E-state index is -0.219. The van der Waals surface area contributed by atoms with Crippen molar-refractivity contribution in [2.24, 2.45) is 0 Å². The maximum absolute atomic E-state index is 12.7. The maximum Gasteiger partial charge on any atom is 0.261 e. The molecule has 6 nitrogen and oxygen atoms in total. The van der Waals surface area contributed by atoms with E-state index in [-0.39, 0.29) is 24.4 Å². The van der Waals surface area contributed by atoms with E-state index >= 15 is 0 Å². The van der Waals surface area contributed by atoms with Crippen LogP contribution < -0.4 is 14.8 Å². The number of carbonyl (C=O) groups excluding carboxylic acids is 2. The van der Waals surface area contributed by atoms with Gasteiger partial charge in [-0.1, -0.05) is 6.07 Å². The third-order valence-electron chi connectivity index (χ3n) is 4.28. The Kier molecular flexibility index (Phi) is 5.78. The summed E-state index contributed by atoms with van der Waals surface area (Å²) in [6, 6.07) is 9.31. The number of thiophene rings is 1. The molecular weight excluding hydrogens is 352 g/mol. The van der Waals surface area contributed by atoms with Crippen LogP contribution in [0, 0.1) is 0 Å². The van der Waals surface area contributed by atoms with Crippen molar-refractivity contribution in [1.29, 1.82) is 0 Å². The van der Waals surface area contributed by atoms with Crippen molar-refractivity contribution in [3.8, 4) is 11.5 Å². The molecule has 0 saturated heterocycles. The van der Waals surface area contributed by atoms with Crippen LogP contribution >= 0.6 is 11.3 Å². The van der Waals surface area contributed by atoms with E-state index in [0.29, 0.717) is 17.2 Å². The average Bonchev–Trinajstić information content (AvgIpc) is 3.35. The number of methoxy groups -OCH3 is 2. The molecule has 1 saturated carbocycles. The quantitative estimate of drug-likeness (QED) is 0.771. The van der Waals surface area contributed by atoms with Crippen molar-refractivity contribution in [2.75, 3.05) is 20.8 Å². The maximum atomic E-state index is 12.7. The number of ether oxygens (including phenoxy) is 2. The minimum absolute atomic E-state index is 0.0144. The fraction of sp³-hybridized carbons (Fsp3) is 0.368. The van der Waals surface area contributed by atoms with Gasteiger partial charge in [0.2, 0.25) is 5.91 Å². The lowest BCUT2D eigenvalue weighted by Gasteiger charge is -2.24. The highest BCUT2D eigenvalue weighted by atomic mass is 32.1. The van der Waals surface area contributed by atoms with Gasteiger partial charge in [0.15, 0.2) is 0 Å². The summed E-state index contributed by atoms with van der Waals surface area (Å²) >= 11 is 1.35. The van der Waals surface area contributed by atoms with Gasteiger partial charge in [-0.15, -0.1) is 11.3 Å². The number of hydrogen-bond donors (Lipinski definition) is 1. The van der Waals surface area contributed by atoms with Gasteiger partial charge in [0, 0.05) is 18.2 Å². The van der Waals surface area contributed by atoms with Crippen molar-refractivity contribution < 1.29 is 19.1 Å². The van der Waals surface area contributed by atoms with E-state index in [2.05, 4.69) is 5.32 Å². The van der Waals surface area contributed by atoms with Gasteiger partial charge in [-0.2, -0.15) is 0 Å². The van der Waals surface area contributed by atoms with Crippen molar-refractivity contribution in [1.82, 2.24) is 10.2 Å². The lowest BCUT2D eigenvalue weighted by molar-refractivity contribution is -0.131. The second kappa shape index (κ2) is 8.23. The van der Waals surface area contributed by atoms with Crippen LogP contribution in [0.3, 0.4) is 0 Å². The van der Waals surface area contributed by atoms with Crippen LogP contribution in [0.4, 0.5) is 0 Å². The Labute approximate surface area is 156 Å². The van der Waals surface area contributed by atoms with Crippen LogP contribution in [-0.2, 0) is 11.3 Å². The highest BCUT2D eigenvalue weighted by Gasteiger charge is 2.33. The molecule has 26 heavy (non-hydrogen) atoms. The van der Waals surface area contributed by atoms with E-state index in [9.17, 15) is 9.59 Å². The number of carbonyl (C=O) groups is 2. The lowest BCUT2D eigenvalue weighted by atomic mass is 10.1. The zero-order valence-electron chi connectivity index (χ0n) is 14.9. The Morgan fingerprint density at radius 3 is 2.65 bits per heavy atom. The van der Waals surface area contributed by atoms with E-state index in [4.69, 9.17) is 9.47 Å². The first-order valence-electron chi connectivity index (χ1n) is 8.44. The van der Waals surface area contributed by atoms with Crippen molar-refractivity contribution >= 4 is 23.2 Å². The predicted molar refractivity (Wildman–Crippen MR) is 99.8 cm³/mol. The molecule has 0 bridgehead atoms. The zero-order chi connectivity index (χ0) is 18.5. The van der Waals surface area contributed by atoms with Gasteiger partial charge in [-0.25, -0.2) is 0 Å². The first-order chi connectivity index (χ1) is 12.6. The molecule has 1 aliphatic rings. The van der Waals surface area contributed by atoms with E-state index in [1.54, 1.807) is 20.3 Å². The lowest BCUT2D eigenvalue weighted by Crippen LogP contribution is -2.41. The molecule has 1 N–H and O–H groups in total. The van der Waals surface area contributed by atoms with Gasteiger partial charge in [0.1, 0.15) is 11.5 Å². The second-order valence-corrected chi connectivity index (χ2v) is 7.04. The van der Waals surface area contributed by atoms with E-state index in [1.165, 1.54) is 11.3 Å². The number of amides is 2. The molecule has 1 heterocycles. The van der Waals surface area contributed by atoms with Crippen molar-refractivity contribution in [2.45, 2.75) is 25.4 Å². The molecule has 1 aliphatic carbocycles. The fourth-order valence-corrected chi connectivity index (χ4v) is 3.39. The van der Waals surface area contributed by atoms with Gasteiger partial charge in [0.05, 0.1) is 25.6 Å². The van der Waals surface area contributed by atoms with E-state index in [0.717, 1.165) is 24.2 Å². The summed E-state index contributed by atoms with van der Waals surface area (Å²) in [6.07, 6.45) is 1.97. The summed E-state index contributed by atoms with van der Waals surface area (Å²) in [5.41, 5.74) is 0.886. The van der Waals surface area contributed by atoms with Gasteiger partial charge < -0.3 is 19.7 Å². The van der Waals surface area contributed by atoms with Gasteiger partial charge in [0.25, 0.3) is 5.91 Å². The number of nitrogens with one attached hydrogen (secondary N) is 1. The summed E-state index contributed by atoms with van der Waals surface area (Å²) in [6.45, 7) is 0.415. The summed E-state index contributed by atoms with van der Waals surface area (Å²) in [5.74, 6) is 1.12. The zero-order valence-corrected chi connectivity index (χ0v) is 15.7. The van der Waals surface area contributed by atoms with Crippen LogP contribution in [0.5, 0.6) is 11.5 Å². The van der Waals surface area contributed by atoms with Crippen LogP contribution in [0.25, 0.3) is 0 Å². The van der Waals surface area contributed by atoms with Crippen LogP contribution in [-0.4, -0.2) is 43.5 Å². The van der Waals surface area contributed by atoms with Crippen LogP contribution in [0.2, 0.25) is 0 Å². The summed E-state index contributed by atoms with van der Waals surface area (Å²) in [4.78, 5) is 27.2. The molecule has 0 unspecified atom stereocenters. The minimum Gasteiger partial charge on any atom is -0.497 e. The largest absolute Gasteiger partial charge is 0.497 e. The molecule has 1 aromatic heterocycles. The average molecular weight is 374 g/mol. The highest BCUT2D eigenvalue weighted by molar-refractivity contribution is 7.12. The first-order valence-corrected chi connectivity index (χ1v) is 9.32. The molecule has 138 valence electrons. The summed E-state index contributed by atoms with van der Waals surface area (Å²) in [7, 11) is 3.21. The smallest absolute Gasteiger partial charge is 0.261 e. The molecule has 7 heteroatoms. The molecular formula is C19H22N2O4S. The molecule has 2 aromatic rings. The van der Waals surface area contributed by atoms with Crippen molar-refractivity contribution in [3.63, 3.8) is 0 Å². The highest BCUT2D eigenvalue weighted by Crippen LogP contribution is 2.32. The summed E-state index contributed by atoms with van der Waals surface area (Å²) in [5, 5.41) is 4.54. The van der Waals surface area contributed by atoms with Gasteiger partial charge in [-0.3, -0.25) is 9.59 Å². The monoisotopic (exact) mass is 374 g/mol. The molecule has 0 spiro atoms. The number of rotatable bonds is 8. The molecule has 0 radical (unpaired) electrons. The van der Waals surface area contributed by atoms with E-state index in [1.807, 2.05) is 34.5 Å². The fourth-order valence-electron chi connectivity index (χ4n) is 2.75. The molecule has 2 amide bonds. The van der Waals surface area contributed by atoms with Gasteiger partial charge >= 0.3 is 0 Å². The Morgan fingerprint density at radius 2 is 2.04 bits per heavy atom. The Bertz CT molecular complexity index is 772. The SMILES string of the molecule is COc1ccc(OC)c(CN(C(=O)CNC(=O)c2cccs2)C2CC2)c1. The first kappa shape index (κ1) is 18.3. The normalized spacial score (nSPS) is 13.2. The molecule has 0 aliphatic heterocycles. The molecule has 0 atom stereocenters. The topological polar surface area (TPSA) is 67.9 Å². The number of hydrogen-bond acceptors (Lipinski definition) is 5. The second-order valence-electron chi connectivity index (χ2n) is 6.09. The molecule has 1 aromatic carbocycles. The third-order valence-corrected chi connectivity index (χ3v) is 5.15. The van der Waals surface area contributed by atoms with Crippen LogP contribution in [0.1, 0.15) is 28.1 Å². The van der Waals surface area contributed by atoms with Crippen LogP contribution in [0.15, 0.2) is 35.7 Å². The van der Waals surface area contributed by atoms with E-state index < -0.39 is 0 Å².